The molecular weight excluding hydrogens is 328 g/mol. The molecule has 4 nitrogen and oxygen atoms in total. The fourth-order valence-corrected chi connectivity index (χ4v) is 1.97. The fraction of sp³-hybridized carbons (Fsp3) is 0.125. The molecule has 0 saturated heterocycles. The molecule has 1 amide bonds. The maximum atomic E-state index is 13.6. The molecule has 0 spiro atoms. The molecule has 0 aromatic heterocycles. The van der Waals surface area contributed by atoms with Crippen molar-refractivity contribution in [2.75, 3.05) is 11.9 Å². The lowest BCUT2D eigenvalue weighted by Crippen LogP contribution is -2.20. The lowest BCUT2D eigenvalue weighted by atomic mass is 10.1. The van der Waals surface area contributed by atoms with Gasteiger partial charge in [0.15, 0.2) is 12.4 Å². The average Bonchev–Trinajstić information content (AvgIpc) is 2.48. The number of rotatable bonds is 5. The number of nitrogens with one attached hydrogen (secondary N) is 1. The second-order valence-electron chi connectivity index (χ2n) is 4.66. The number of halogens is 3. The van der Waals surface area contributed by atoms with Crippen molar-refractivity contribution < 1.29 is 23.1 Å². The van der Waals surface area contributed by atoms with Crippen LogP contribution in [-0.2, 0) is 4.79 Å². The Bertz CT molecular complexity index is 765. The third kappa shape index (κ3) is 4.50. The van der Waals surface area contributed by atoms with Crippen molar-refractivity contribution in [1.82, 2.24) is 0 Å². The van der Waals surface area contributed by atoms with Gasteiger partial charge in [-0.15, -0.1) is 0 Å². The van der Waals surface area contributed by atoms with E-state index in [9.17, 15) is 18.4 Å². The summed E-state index contributed by atoms with van der Waals surface area (Å²) >= 11 is 5.71. The predicted molar refractivity (Wildman–Crippen MR) is 81.9 cm³/mol. The third-order valence-corrected chi connectivity index (χ3v) is 3.13. The Balaban J connectivity index is 1.98. The summed E-state index contributed by atoms with van der Waals surface area (Å²) in [6.45, 7) is 0.788. The van der Waals surface area contributed by atoms with Gasteiger partial charge in [-0.2, -0.15) is 0 Å². The Morgan fingerprint density at radius 1 is 1.13 bits per heavy atom. The van der Waals surface area contributed by atoms with Crippen LogP contribution in [0.25, 0.3) is 0 Å². The van der Waals surface area contributed by atoms with E-state index in [2.05, 4.69) is 5.32 Å². The molecule has 1 N–H and O–H groups in total. The van der Waals surface area contributed by atoms with Gasteiger partial charge < -0.3 is 10.1 Å². The van der Waals surface area contributed by atoms with Crippen molar-refractivity contribution in [3.05, 3.63) is 58.6 Å². The molecule has 2 aromatic carbocycles. The van der Waals surface area contributed by atoms with Crippen LogP contribution >= 0.6 is 11.6 Å². The molecular formula is C16H12ClF2NO3. The van der Waals surface area contributed by atoms with Gasteiger partial charge in [-0.25, -0.2) is 8.78 Å². The molecule has 120 valence electrons. The highest BCUT2D eigenvalue weighted by Crippen LogP contribution is 2.20. The Morgan fingerprint density at radius 2 is 1.87 bits per heavy atom. The normalized spacial score (nSPS) is 10.3. The smallest absolute Gasteiger partial charge is 0.262 e. The van der Waals surface area contributed by atoms with Crippen molar-refractivity contribution in [2.45, 2.75) is 6.92 Å². The van der Waals surface area contributed by atoms with Crippen LogP contribution in [0.3, 0.4) is 0 Å². The molecule has 0 unspecified atom stereocenters. The number of ketones is 1. The number of carbonyl (C=O) groups excluding carboxylic acids is 2. The highest BCUT2D eigenvalue weighted by molar-refractivity contribution is 6.30. The SMILES string of the molecule is CC(=O)c1ccc(OCC(=O)Nc2cc(Cl)ccc2F)cc1F. The van der Waals surface area contributed by atoms with Gasteiger partial charge in [0.1, 0.15) is 17.4 Å². The number of amides is 1. The lowest BCUT2D eigenvalue weighted by Gasteiger charge is -2.09. The second kappa shape index (κ2) is 7.19. The minimum Gasteiger partial charge on any atom is -0.484 e. The maximum Gasteiger partial charge on any atom is 0.262 e. The van der Waals surface area contributed by atoms with Crippen molar-refractivity contribution in [1.29, 1.82) is 0 Å². The molecule has 0 atom stereocenters. The summed E-state index contributed by atoms with van der Waals surface area (Å²) in [7, 11) is 0. The Hall–Kier alpha value is -2.47. The first-order valence-corrected chi connectivity index (χ1v) is 6.93. The molecule has 0 aliphatic heterocycles. The molecule has 0 fully saturated rings. The standard InChI is InChI=1S/C16H12ClF2NO3/c1-9(21)12-4-3-11(7-14(12)19)23-8-16(22)20-15-6-10(17)2-5-13(15)18/h2-7H,8H2,1H3,(H,20,22). The van der Waals surface area contributed by atoms with Gasteiger partial charge in [-0.1, -0.05) is 11.6 Å². The summed E-state index contributed by atoms with van der Waals surface area (Å²) in [5, 5.41) is 2.56. The molecule has 0 bridgehead atoms. The number of ether oxygens (including phenoxy) is 1. The van der Waals surface area contributed by atoms with Crippen LogP contribution in [0.1, 0.15) is 17.3 Å². The first-order chi connectivity index (χ1) is 10.9. The molecule has 7 heteroatoms. The van der Waals surface area contributed by atoms with Crippen molar-refractivity contribution in [3.63, 3.8) is 0 Å². The van der Waals surface area contributed by atoms with E-state index in [1.807, 2.05) is 0 Å². The number of carbonyl (C=O) groups is 2. The quantitative estimate of drug-likeness (QED) is 0.842. The summed E-state index contributed by atoms with van der Waals surface area (Å²) in [6, 6.07) is 7.37. The van der Waals surface area contributed by atoms with Crippen molar-refractivity contribution in [2.24, 2.45) is 0 Å². The van der Waals surface area contributed by atoms with Crippen LogP contribution in [0, 0.1) is 11.6 Å². The topological polar surface area (TPSA) is 55.4 Å². The molecule has 0 aliphatic carbocycles. The van der Waals surface area contributed by atoms with Crippen molar-refractivity contribution >= 4 is 29.0 Å². The summed E-state index contributed by atoms with van der Waals surface area (Å²) in [4.78, 5) is 22.8. The molecule has 2 aromatic rings. The monoisotopic (exact) mass is 339 g/mol. The van der Waals surface area contributed by atoms with E-state index in [1.165, 1.54) is 31.2 Å². The van der Waals surface area contributed by atoms with Gasteiger partial charge >= 0.3 is 0 Å². The average molecular weight is 340 g/mol. The minimum absolute atomic E-state index is 0.0669. The van der Waals surface area contributed by atoms with E-state index in [1.54, 1.807) is 0 Å². The van der Waals surface area contributed by atoms with Gasteiger partial charge in [0, 0.05) is 11.1 Å². The highest BCUT2D eigenvalue weighted by atomic mass is 35.5. The van der Waals surface area contributed by atoms with Gasteiger partial charge in [0.2, 0.25) is 0 Å². The first kappa shape index (κ1) is 16.9. The van der Waals surface area contributed by atoms with Crippen LogP contribution in [-0.4, -0.2) is 18.3 Å². The van der Waals surface area contributed by atoms with Crippen LogP contribution in [0.5, 0.6) is 5.75 Å². The Kier molecular flexibility index (Phi) is 5.28. The molecule has 0 radical (unpaired) electrons. The summed E-state index contributed by atoms with van der Waals surface area (Å²) in [5.74, 6) is -2.35. The van der Waals surface area contributed by atoms with Crippen LogP contribution in [0.4, 0.5) is 14.5 Å². The maximum absolute atomic E-state index is 13.6. The van der Waals surface area contributed by atoms with E-state index in [0.29, 0.717) is 0 Å². The number of benzene rings is 2. The number of Topliss-reactive ketones (excluding diaryl/α,β-unsaturated/α-hetero) is 1. The second-order valence-corrected chi connectivity index (χ2v) is 5.10. The van der Waals surface area contributed by atoms with E-state index in [0.717, 1.165) is 12.1 Å². The predicted octanol–water partition coefficient (Wildman–Crippen LogP) is 3.84. The summed E-state index contributed by atoms with van der Waals surface area (Å²) in [5.41, 5.74) is -0.146. The summed E-state index contributed by atoms with van der Waals surface area (Å²) < 4.78 is 32.2. The fourth-order valence-electron chi connectivity index (χ4n) is 1.80. The van der Waals surface area contributed by atoms with E-state index < -0.39 is 29.9 Å². The largest absolute Gasteiger partial charge is 0.484 e. The first-order valence-electron chi connectivity index (χ1n) is 6.55. The molecule has 0 heterocycles. The molecule has 2 rings (SSSR count). The Labute approximate surface area is 136 Å². The van der Waals surface area contributed by atoms with Crippen LogP contribution < -0.4 is 10.1 Å². The zero-order chi connectivity index (χ0) is 17.0. The number of hydrogen-bond acceptors (Lipinski definition) is 3. The van der Waals surface area contributed by atoms with Gasteiger partial charge in [-0.05, 0) is 37.3 Å². The zero-order valence-electron chi connectivity index (χ0n) is 12.0. The van der Waals surface area contributed by atoms with Crippen molar-refractivity contribution in [3.8, 4) is 5.75 Å². The third-order valence-electron chi connectivity index (χ3n) is 2.89. The number of anilines is 1. The van der Waals surface area contributed by atoms with E-state index in [4.69, 9.17) is 16.3 Å². The van der Waals surface area contributed by atoms with Crippen LogP contribution in [0.15, 0.2) is 36.4 Å². The zero-order valence-corrected chi connectivity index (χ0v) is 12.8. The van der Waals surface area contributed by atoms with Gasteiger partial charge in [-0.3, -0.25) is 9.59 Å². The molecule has 0 saturated carbocycles. The van der Waals surface area contributed by atoms with Gasteiger partial charge in [0.25, 0.3) is 5.91 Å². The lowest BCUT2D eigenvalue weighted by molar-refractivity contribution is -0.118. The molecule has 23 heavy (non-hydrogen) atoms. The minimum atomic E-state index is -0.740. The van der Waals surface area contributed by atoms with Crippen LogP contribution in [0.2, 0.25) is 5.02 Å². The van der Waals surface area contributed by atoms with Gasteiger partial charge in [0.05, 0.1) is 11.3 Å². The summed E-state index contributed by atoms with van der Waals surface area (Å²) in [6.07, 6.45) is 0. The molecule has 0 aliphatic rings. The number of hydrogen-bond donors (Lipinski definition) is 1. The highest BCUT2D eigenvalue weighted by Gasteiger charge is 2.11. The Morgan fingerprint density at radius 3 is 2.52 bits per heavy atom. The van der Waals surface area contributed by atoms with E-state index >= 15 is 0 Å². The van der Waals surface area contributed by atoms with E-state index in [-0.39, 0.29) is 22.0 Å².